The van der Waals surface area contributed by atoms with E-state index in [1.54, 1.807) is 0 Å². The molecule has 4 heteroatoms. The molecular weight excluding hydrogens is 1070 g/mol. The van der Waals surface area contributed by atoms with Crippen molar-refractivity contribution in [2.45, 2.75) is 99.8 Å². The van der Waals surface area contributed by atoms with Crippen LogP contribution in [0.2, 0.25) is 0 Å². The Morgan fingerprint density at radius 2 is 0.305 bits per heavy atom. The monoisotopic (exact) mass is 1140 g/mol. The Balaban J connectivity index is 0.000000132. The average molecular weight is 1140 g/mol. The molecule has 0 aliphatic rings. The lowest BCUT2D eigenvalue weighted by Crippen LogP contribution is -2.04. The van der Waals surface area contributed by atoms with Crippen LogP contribution in [0.4, 0.5) is 0 Å². The summed E-state index contributed by atoms with van der Waals surface area (Å²) < 4.78 is 0. The van der Waals surface area contributed by atoms with E-state index in [2.05, 4.69) is 368 Å². The second-order valence-electron chi connectivity index (χ2n) is 19.7. The first-order chi connectivity index (χ1) is 40.3. The Hall–Kier alpha value is -7.96. The highest BCUT2D eigenvalue weighted by Crippen LogP contribution is 2.35. The van der Waals surface area contributed by atoms with E-state index in [4.69, 9.17) is 0 Å². The van der Waals surface area contributed by atoms with Crippen molar-refractivity contribution in [2.24, 2.45) is 0 Å². The summed E-state index contributed by atoms with van der Waals surface area (Å²) in [5, 5.41) is 0. The minimum atomic E-state index is -0.0394. The van der Waals surface area contributed by atoms with Gasteiger partial charge in [0.25, 0.3) is 0 Å². The van der Waals surface area contributed by atoms with Crippen LogP contribution in [0.3, 0.4) is 0 Å². The van der Waals surface area contributed by atoms with E-state index >= 15 is 0 Å². The lowest BCUT2D eigenvalue weighted by Gasteiger charge is -2.09. The van der Waals surface area contributed by atoms with E-state index in [0.29, 0.717) is 0 Å². The van der Waals surface area contributed by atoms with Crippen LogP contribution in [0.15, 0.2) is 392 Å². The topological polar surface area (TPSA) is 0 Å². The Bertz CT molecular complexity index is 3410. The fourth-order valence-electron chi connectivity index (χ4n) is 9.09. The summed E-state index contributed by atoms with van der Waals surface area (Å²) >= 11 is 0. The highest BCUT2D eigenvalue weighted by molar-refractivity contribution is 7.98. The van der Waals surface area contributed by atoms with Gasteiger partial charge in [0.05, 0.1) is 43.6 Å². The van der Waals surface area contributed by atoms with E-state index in [9.17, 15) is 0 Å². The summed E-state index contributed by atoms with van der Waals surface area (Å²) in [5.41, 5.74) is 6.61. The van der Waals surface area contributed by atoms with Gasteiger partial charge >= 0.3 is 0 Å². The zero-order chi connectivity index (χ0) is 56.7. The van der Waals surface area contributed by atoms with Crippen molar-refractivity contribution < 1.29 is 0 Å². The third-order valence-corrected chi connectivity index (χ3v) is 22.4. The molecule has 0 aromatic heterocycles. The van der Waals surface area contributed by atoms with Gasteiger partial charge in [0.1, 0.15) is 0 Å². The molecule has 0 unspecified atom stereocenters. The molecule has 0 amide bonds. The minimum Gasteiger partial charge on any atom is -0.0619 e. The van der Waals surface area contributed by atoms with Gasteiger partial charge in [-0.2, -0.15) is 0 Å². The molecule has 404 valence electrons. The van der Waals surface area contributed by atoms with Crippen molar-refractivity contribution in [1.82, 2.24) is 0 Å². The normalized spacial score (nSPS) is 10.7. The maximum absolute atomic E-state index is 2.28. The molecule has 0 spiro atoms. The maximum Gasteiger partial charge on any atom is 0.166 e. The summed E-state index contributed by atoms with van der Waals surface area (Å²) in [6, 6.07) is 120. The number of hydrogen-bond acceptors (Lipinski definition) is 0. The average Bonchev–Trinajstić information content (AvgIpc) is 3.74. The maximum atomic E-state index is 2.28. The first-order valence-electron chi connectivity index (χ1n) is 28.0. The molecule has 82 heavy (non-hydrogen) atoms. The van der Waals surface area contributed by atoms with Crippen LogP contribution in [0.25, 0.3) is 0 Å². The Labute approximate surface area is 501 Å². The minimum absolute atomic E-state index is 0.0146. The lowest BCUT2D eigenvalue weighted by molar-refractivity contribution is 1.13. The number of rotatable bonds is 13. The highest BCUT2D eigenvalue weighted by atomic mass is 32.2. The van der Waals surface area contributed by atoms with E-state index in [-0.39, 0.29) is 43.6 Å². The van der Waals surface area contributed by atoms with Gasteiger partial charge in [-0.15, -0.1) is 0 Å². The molecule has 0 saturated heterocycles. The summed E-state index contributed by atoms with van der Waals surface area (Å²) in [5.74, 6) is 0. The standard InChI is InChI=1S/C21H21S.C20H19S.C19H17S.C18H15S/c1-16-4-10-19(11-5-16)22(20-12-6-17(2)7-13-20)21-14-8-18(3)9-15-21;1-2-17-13-15-20(16-14-17)21(18-9-5-3-6-10-18)19-11-7-4-8-12-19;1-16-12-14-19(15-13-16)20(17-8-4-2-5-9-17)18-10-6-3-7-11-18;1-4-10-16(11-5-1)19(17-12-6-2-7-13-17)18-14-8-3-9-15-18/h4-15H,1-3H3;3-16H,2H2,1H3;2-15H,1H3;1-15H/q4*+1. The van der Waals surface area contributed by atoms with Gasteiger partial charge in [0.2, 0.25) is 0 Å². The highest BCUT2D eigenvalue weighted by Gasteiger charge is 2.31. The van der Waals surface area contributed by atoms with Crippen LogP contribution in [-0.4, -0.2) is 0 Å². The van der Waals surface area contributed by atoms with Crippen LogP contribution in [0.5, 0.6) is 0 Å². The van der Waals surface area contributed by atoms with Gasteiger partial charge in [-0.25, -0.2) is 0 Å². The quantitative estimate of drug-likeness (QED) is 0.101. The van der Waals surface area contributed by atoms with Crippen LogP contribution in [0.1, 0.15) is 34.7 Å². The van der Waals surface area contributed by atoms with E-state index in [0.717, 1.165) is 6.42 Å². The van der Waals surface area contributed by atoms with E-state index in [1.165, 1.54) is 86.6 Å². The van der Waals surface area contributed by atoms with Crippen molar-refractivity contribution in [3.63, 3.8) is 0 Å². The van der Waals surface area contributed by atoms with Crippen molar-refractivity contribution in [1.29, 1.82) is 0 Å². The SMILES string of the molecule is CCc1ccc([S+](c2ccccc2)c2ccccc2)cc1.Cc1ccc([S+](c2ccc(C)cc2)c2ccc(C)cc2)cc1.Cc1ccc([S+](c2ccccc2)c2ccccc2)cc1.c1ccc([S+](c2ccccc2)c2ccccc2)cc1. The molecule has 12 aromatic rings. The van der Waals surface area contributed by atoms with Gasteiger partial charge in [-0.1, -0.05) is 217 Å². The van der Waals surface area contributed by atoms with Gasteiger partial charge in [0, 0.05) is 0 Å². The third-order valence-electron chi connectivity index (χ3n) is 13.4. The van der Waals surface area contributed by atoms with Crippen molar-refractivity contribution in [3.05, 3.63) is 361 Å². The summed E-state index contributed by atoms with van der Waals surface area (Å²) in [4.78, 5) is 16.4. The molecule has 0 saturated carbocycles. The number of benzene rings is 12. The smallest absolute Gasteiger partial charge is 0.0619 e. The van der Waals surface area contributed by atoms with Gasteiger partial charge < -0.3 is 0 Å². The van der Waals surface area contributed by atoms with Crippen LogP contribution in [0, 0.1) is 27.7 Å². The van der Waals surface area contributed by atoms with Crippen molar-refractivity contribution >= 4 is 43.6 Å². The van der Waals surface area contributed by atoms with Crippen molar-refractivity contribution in [2.75, 3.05) is 0 Å². The molecule has 0 radical (unpaired) electrons. The molecule has 0 aliphatic heterocycles. The van der Waals surface area contributed by atoms with Gasteiger partial charge in [-0.05, 0) is 185 Å². The van der Waals surface area contributed by atoms with Gasteiger partial charge in [0.15, 0.2) is 58.7 Å². The first kappa shape index (κ1) is 58.7. The van der Waals surface area contributed by atoms with Crippen LogP contribution < -0.4 is 0 Å². The molecule has 0 atom stereocenters. The number of aryl methyl sites for hydroxylation is 5. The Morgan fingerprint density at radius 3 is 0.451 bits per heavy atom. The van der Waals surface area contributed by atoms with Gasteiger partial charge in [-0.3, -0.25) is 0 Å². The molecule has 0 fully saturated rings. The fourth-order valence-corrected chi connectivity index (χ4v) is 17.4. The second kappa shape index (κ2) is 30.7. The summed E-state index contributed by atoms with van der Waals surface area (Å²) in [6.45, 7) is 10.7. The molecule has 0 bridgehead atoms. The van der Waals surface area contributed by atoms with E-state index in [1.807, 2.05) is 0 Å². The molecule has 12 rings (SSSR count). The molecule has 0 heterocycles. The molecule has 0 aliphatic carbocycles. The number of hydrogen-bond donors (Lipinski definition) is 0. The Kier molecular flexibility index (Phi) is 22.0. The predicted molar refractivity (Wildman–Crippen MR) is 354 cm³/mol. The first-order valence-corrected chi connectivity index (χ1v) is 32.9. The summed E-state index contributed by atoms with van der Waals surface area (Å²) in [6.07, 6.45) is 1.09. The van der Waals surface area contributed by atoms with Crippen molar-refractivity contribution in [3.8, 4) is 0 Å². The van der Waals surface area contributed by atoms with Crippen LogP contribution in [-0.2, 0) is 50.0 Å². The second-order valence-corrected chi connectivity index (χ2v) is 27.8. The lowest BCUT2D eigenvalue weighted by atomic mass is 10.2. The van der Waals surface area contributed by atoms with E-state index < -0.39 is 0 Å². The third kappa shape index (κ3) is 16.6. The Morgan fingerprint density at radius 1 is 0.171 bits per heavy atom. The molecule has 12 aromatic carbocycles. The molecular formula is C78H72S4+4. The molecule has 0 nitrogen and oxygen atoms in total. The molecule has 0 N–H and O–H groups in total. The fraction of sp³-hybridized carbons (Fsp3) is 0.0769. The predicted octanol–water partition coefficient (Wildman–Crippen LogP) is 20.9. The zero-order valence-corrected chi connectivity index (χ0v) is 50.9. The summed E-state index contributed by atoms with van der Waals surface area (Å²) in [7, 11) is -0.102. The largest absolute Gasteiger partial charge is 0.166 e. The van der Waals surface area contributed by atoms with Crippen LogP contribution >= 0.6 is 0 Å². The zero-order valence-electron chi connectivity index (χ0n) is 47.6.